The molecule has 20 heavy (non-hydrogen) atoms. The van der Waals surface area contributed by atoms with Crippen LogP contribution in [0.3, 0.4) is 0 Å². The average molecular weight is 371 g/mol. The first kappa shape index (κ1) is 16.1. The van der Waals surface area contributed by atoms with E-state index in [9.17, 15) is 13.2 Å². The summed E-state index contributed by atoms with van der Waals surface area (Å²) in [5.41, 5.74) is 0.843. The van der Waals surface area contributed by atoms with Gasteiger partial charge in [0.15, 0.2) is 0 Å². The minimum absolute atomic E-state index is 0.214. The quantitative estimate of drug-likeness (QED) is 0.648. The van der Waals surface area contributed by atoms with Gasteiger partial charge in [0, 0.05) is 17.2 Å². The number of aromatic nitrogens is 1. The zero-order valence-corrected chi connectivity index (χ0v) is 13.2. The van der Waals surface area contributed by atoms with Gasteiger partial charge in [0.05, 0.1) is 10.9 Å². The van der Waals surface area contributed by atoms with Gasteiger partial charge in [0.1, 0.15) is 0 Å². The molecule has 6 heteroatoms. The molecular weight excluding hydrogens is 355 g/mol. The van der Waals surface area contributed by atoms with Crippen LogP contribution < -0.4 is 0 Å². The zero-order chi connectivity index (χ0) is 14.8. The second kappa shape index (κ2) is 6.65. The SMILES string of the molecule is FC(F)(F)C1CCCCC1C(Br)Cc1ccncc1Cl. The van der Waals surface area contributed by atoms with Gasteiger partial charge in [-0.1, -0.05) is 40.4 Å². The Morgan fingerprint density at radius 3 is 2.70 bits per heavy atom. The molecule has 0 spiro atoms. The van der Waals surface area contributed by atoms with Crippen molar-refractivity contribution in [1.29, 1.82) is 0 Å². The van der Waals surface area contributed by atoms with Gasteiger partial charge < -0.3 is 0 Å². The third-order valence-electron chi connectivity index (χ3n) is 3.98. The summed E-state index contributed by atoms with van der Waals surface area (Å²) in [5.74, 6) is -1.59. The molecule has 0 bridgehead atoms. The van der Waals surface area contributed by atoms with E-state index in [2.05, 4.69) is 20.9 Å². The lowest BCUT2D eigenvalue weighted by molar-refractivity contribution is -0.196. The number of rotatable bonds is 3. The van der Waals surface area contributed by atoms with E-state index in [0.29, 0.717) is 24.3 Å². The van der Waals surface area contributed by atoms with Crippen LogP contribution in [0.1, 0.15) is 31.2 Å². The fraction of sp³-hybridized carbons (Fsp3) is 0.643. The number of hydrogen-bond donors (Lipinski definition) is 0. The fourth-order valence-electron chi connectivity index (χ4n) is 2.93. The smallest absolute Gasteiger partial charge is 0.263 e. The van der Waals surface area contributed by atoms with Gasteiger partial charge in [-0.15, -0.1) is 0 Å². The normalized spacial score (nSPS) is 25.4. The lowest BCUT2D eigenvalue weighted by Gasteiger charge is -2.36. The van der Waals surface area contributed by atoms with E-state index >= 15 is 0 Å². The number of halogens is 5. The maximum absolute atomic E-state index is 13.1. The van der Waals surface area contributed by atoms with Crippen LogP contribution in [-0.2, 0) is 6.42 Å². The first-order valence-corrected chi connectivity index (χ1v) is 7.98. The van der Waals surface area contributed by atoms with Crippen LogP contribution in [0.15, 0.2) is 18.5 Å². The third-order valence-corrected chi connectivity index (χ3v) is 5.32. The summed E-state index contributed by atoms with van der Waals surface area (Å²) < 4.78 is 39.3. The average Bonchev–Trinajstić information content (AvgIpc) is 2.40. The Kier molecular flexibility index (Phi) is 5.35. The summed E-state index contributed by atoms with van der Waals surface area (Å²) in [4.78, 5) is 3.68. The molecule has 3 unspecified atom stereocenters. The molecule has 0 radical (unpaired) electrons. The van der Waals surface area contributed by atoms with Crippen molar-refractivity contribution in [2.45, 2.75) is 43.1 Å². The van der Waals surface area contributed by atoms with Gasteiger partial charge in [-0.2, -0.15) is 13.2 Å². The molecule has 2 rings (SSSR count). The van der Waals surface area contributed by atoms with Crippen LogP contribution >= 0.6 is 27.5 Å². The molecular formula is C14H16BrClF3N. The monoisotopic (exact) mass is 369 g/mol. The van der Waals surface area contributed by atoms with E-state index in [-0.39, 0.29) is 17.2 Å². The van der Waals surface area contributed by atoms with Crippen LogP contribution in [0, 0.1) is 11.8 Å². The largest absolute Gasteiger partial charge is 0.392 e. The van der Waals surface area contributed by atoms with Crippen LogP contribution in [0.2, 0.25) is 5.02 Å². The first-order valence-electron chi connectivity index (χ1n) is 6.68. The van der Waals surface area contributed by atoms with E-state index in [0.717, 1.165) is 12.0 Å². The Hall–Kier alpha value is -0.290. The minimum Gasteiger partial charge on any atom is -0.263 e. The highest BCUT2D eigenvalue weighted by atomic mass is 79.9. The van der Waals surface area contributed by atoms with Crippen molar-refractivity contribution in [3.05, 3.63) is 29.0 Å². The van der Waals surface area contributed by atoms with Crippen molar-refractivity contribution in [3.63, 3.8) is 0 Å². The summed E-state index contributed by atoms with van der Waals surface area (Å²) in [6.45, 7) is 0. The van der Waals surface area contributed by atoms with Crippen molar-refractivity contribution in [2.75, 3.05) is 0 Å². The summed E-state index contributed by atoms with van der Waals surface area (Å²) in [5, 5.41) is 0.510. The Labute approximate surface area is 130 Å². The lowest BCUT2D eigenvalue weighted by atomic mass is 9.76. The summed E-state index contributed by atoms with van der Waals surface area (Å²) >= 11 is 9.49. The van der Waals surface area contributed by atoms with Crippen molar-refractivity contribution < 1.29 is 13.2 Å². The molecule has 0 saturated heterocycles. The standard InChI is InChI=1S/C14H16BrClF3N/c15-12(7-9-5-6-20-8-13(9)16)10-3-1-2-4-11(10)14(17,18)19/h5-6,8,10-12H,1-4,7H2. The van der Waals surface area contributed by atoms with E-state index in [4.69, 9.17) is 11.6 Å². The van der Waals surface area contributed by atoms with E-state index in [1.54, 1.807) is 12.3 Å². The molecule has 1 aliphatic rings. The molecule has 112 valence electrons. The van der Waals surface area contributed by atoms with Gasteiger partial charge in [0.25, 0.3) is 0 Å². The lowest BCUT2D eigenvalue weighted by Crippen LogP contribution is -2.38. The molecule has 0 aliphatic heterocycles. The maximum atomic E-state index is 13.1. The second-order valence-electron chi connectivity index (χ2n) is 5.28. The van der Waals surface area contributed by atoms with Crippen molar-refractivity contribution >= 4 is 27.5 Å². The number of pyridine rings is 1. The fourth-order valence-corrected chi connectivity index (χ4v) is 4.11. The van der Waals surface area contributed by atoms with E-state index in [1.165, 1.54) is 6.20 Å². The van der Waals surface area contributed by atoms with Gasteiger partial charge >= 0.3 is 6.18 Å². The molecule has 1 aliphatic carbocycles. The molecule has 1 nitrogen and oxygen atoms in total. The Morgan fingerprint density at radius 1 is 1.35 bits per heavy atom. The molecule has 0 aromatic carbocycles. The molecule has 1 fully saturated rings. The van der Waals surface area contributed by atoms with Crippen molar-refractivity contribution in [1.82, 2.24) is 4.98 Å². The van der Waals surface area contributed by atoms with E-state index in [1.807, 2.05) is 0 Å². The minimum atomic E-state index is -4.11. The van der Waals surface area contributed by atoms with Crippen LogP contribution in [0.25, 0.3) is 0 Å². The summed E-state index contributed by atoms with van der Waals surface area (Å²) in [7, 11) is 0. The van der Waals surface area contributed by atoms with Crippen LogP contribution in [0.4, 0.5) is 13.2 Å². The highest BCUT2D eigenvalue weighted by Gasteiger charge is 2.47. The maximum Gasteiger partial charge on any atom is 0.392 e. The molecule has 1 aromatic heterocycles. The summed E-state index contributed by atoms with van der Waals surface area (Å²) in [6.07, 6.45) is 1.91. The Balaban J connectivity index is 2.10. The Bertz CT molecular complexity index is 452. The molecule has 0 N–H and O–H groups in total. The highest BCUT2D eigenvalue weighted by molar-refractivity contribution is 9.09. The van der Waals surface area contributed by atoms with Crippen molar-refractivity contribution in [3.8, 4) is 0 Å². The number of alkyl halides is 4. The highest BCUT2D eigenvalue weighted by Crippen LogP contribution is 2.45. The van der Waals surface area contributed by atoms with Gasteiger partial charge in [0.2, 0.25) is 0 Å². The molecule has 1 aromatic rings. The molecule has 1 saturated carbocycles. The predicted octanol–water partition coefficient (Wildman–Crippen LogP) is 5.41. The van der Waals surface area contributed by atoms with E-state index < -0.39 is 12.1 Å². The van der Waals surface area contributed by atoms with Gasteiger partial charge in [-0.05, 0) is 36.8 Å². The molecule has 0 amide bonds. The third kappa shape index (κ3) is 3.88. The van der Waals surface area contributed by atoms with Crippen LogP contribution in [0.5, 0.6) is 0 Å². The van der Waals surface area contributed by atoms with Crippen molar-refractivity contribution in [2.24, 2.45) is 11.8 Å². The second-order valence-corrected chi connectivity index (χ2v) is 6.87. The van der Waals surface area contributed by atoms with Gasteiger partial charge in [-0.25, -0.2) is 0 Å². The topological polar surface area (TPSA) is 12.9 Å². The molecule has 1 heterocycles. The van der Waals surface area contributed by atoms with Gasteiger partial charge in [-0.3, -0.25) is 4.98 Å². The number of nitrogens with zero attached hydrogens (tertiary/aromatic N) is 1. The number of hydrogen-bond acceptors (Lipinski definition) is 1. The molecule has 3 atom stereocenters. The first-order chi connectivity index (χ1) is 9.39. The zero-order valence-electron chi connectivity index (χ0n) is 10.8. The summed E-state index contributed by atoms with van der Waals surface area (Å²) in [6, 6.07) is 1.77. The predicted molar refractivity (Wildman–Crippen MR) is 77.2 cm³/mol. The Morgan fingerprint density at radius 2 is 2.05 bits per heavy atom. The van der Waals surface area contributed by atoms with Crippen LogP contribution in [-0.4, -0.2) is 16.0 Å².